The molecular formula is C21H20F3N7O4S. The van der Waals surface area contributed by atoms with Crippen molar-refractivity contribution in [1.82, 2.24) is 30.6 Å². The van der Waals surface area contributed by atoms with Crippen LogP contribution in [0.15, 0.2) is 57.6 Å². The first-order valence-corrected chi connectivity index (χ1v) is 11.6. The first-order valence-electron chi connectivity index (χ1n) is 10.2. The minimum absolute atomic E-state index is 0.106. The smallest absolute Gasteiger partial charge is 0.433 e. The first kappa shape index (κ1) is 25.1. The van der Waals surface area contributed by atoms with E-state index in [1.165, 1.54) is 48.6 Å². The number of rotatable bonds is 8. The number of hydrazone groups is 1. The summed E-state index contributed by atoms with van der Waals surface area (Å²) in [6.07, 6.45) is -2.15. The fraction of sp³-hybridized carbons (Fsp3) is 0.238. The van der Waals surface area contributed by atoms with Crippen molar-refractivity contribution in [3.05, 3.63) is 64.2 Å². The second kappa shape index (κ2) is 10.3. The summed E-state index contributed by atoms with van der Waals surface area (Å²) in [6, 6.07) is 8.42. The van der Waals surface area contributed by atoms with E-state index in [9.17, 15) is 22.2 Å². The molecule has 0 saturated carbocycles. The van der Waals surface area contributed by atoms with Gasteiger partial charge < -0.3 is 14.0 Å². The van der Waals surface area contributed by atoms with Crippen molar-refractivity contribution in [3.63, 3.8) is 0 Å². The molecule has 0 spiro atoms. The van der Waals surface area contributed by atoms with Gasteiger partial charge in [-0.1, -0.05) is 6.07 Å². The predicted octanol–water partition coefficient (Wildman–Crippen LogP) is 1.72. The Hall–Kier alpha value is -3.98. The summed E-state index contributed by atoms with van der Waals surface area (Å²) in [7, 11) is 0.928. The van der Waals surface area contributed by atoms with E-state index < -0.39 is 27.8 Å². The number of alkyl halides is 3. The van der Waals surface area contributed by atoms with Gasteiger partial charge in [-0.25, -0.2) is 19.7 Å². The molecule has 0 amide bonds. The summed E-state index contributed by atoms with van der Waals surface area (Å²) >= 11 is 0. The normalized spacial score (nSPS) is 14.2. The van der Waals surface area contributed by atoms with Crippen LogP contribution in [-0.2, 0) is 23.5 Å². The minimum Gasteiger partial charge on any atom is -0.493 e. The molecule has 190 valence electrons. The fourth-order valence-corrected chi connectivity index (χ4v) is 4.15. The average molecular weight is 523 g/mol. The van der Waals surface area contributed by atoms with Gasteiger partial charge >= 0.3 is 6.18 Å². The molecule has 1 unspecified atom stereocenters. The van der Waals surface area contributed by atoms with E-state index in [0.717, 1.165) is 6.07 Å². The van der Waals surface area contributed by atoms with Gasteiger partial charge in [0, 0.05) is 17.8 Å². The maximum absolute atomic E-state index is 13.6. The third-order valence-electron chi connectivity index (χ3n) is 4.98. The monoisotopic (exact) mass is 523 g/mol. The zero-order chi connectivity index (χ0) is 25.9. The SMILES string of the molecule is COc1ccc(Cn2cc(-c3cc(C(F)(F)F)nc(S(=O)CN4NC=NN4)n3)ccc2=O)cc1OC. The lowest BCUT2D eigenvalue weighted by atomic mass is 10.1. The molecule has 0 bridgehead atoms. The van der Waals surface area contributed by atoms with E-state index in [2.05, 4.69) is 26.0 Å². The number of pyridine rings is 1. The topological polar surface area (TPSA) is 123 Å². The second-order valence-corrected chi connectivity index (χ2v) is 8.70. The van der Waals surface area contributed by atoms with Gasteiger partial charge in [0.15, 0.2) is 11.5 Å². The van der Waals surface area contributed by atoms with Crippen LogP contribution in [0.4, 0.5) is 13.2 Å². The van der Waals surface area contributed by atoms with Gasteiger partial charge in [0.05, 0.1) is 26.5 Å². The molecule has 2 aromatic heterocycles. The molecule has 0 fully saturated rings. The van der Waals surface area contributed by atoms with E-state index in [-0.39, 0.29) is 29.2 Å². The highest BCUT2D eigenvalue weighted by molar-refractivity contribution is 7.84. The molecule has 1 aliphatic heterocycles. The molecule has 1 aliphatic rings. The van der Waals surface area contributed by atoms with E-state index in [0.29, 0.717) is 17.1 Å². The third kappa shape index (κ3) is 5.63. The Kier molecular flexibility index (Phi) is 7.21. The molecule has 0 saturated heterocycles. The molecule has 11 nitrogen and oxygen atoms in total. The van der Waals surface area contributed by atoms with Crippen LogP contribution in [-0.4, -0.2) is 50.3 Å². The lowest BCUT2D eigenvalue weighted by molar-refractivity contribution is -0.141. The number of benzene rings is 1. The number of hydrogen-bond acceptors (Lipinski definition) is 10. The van der Waals surface area contributed by atoms with Gasteiger partial charge in [-0.2, -0.15) is 18.3 Å². The quantitative estimate of drug-likeness (QED) is 0.425. The van der Waals surface area contributed by atoms with Crippen LogP contribution in [0.5, 0.6) is 11.5 Å². The number of hydrazine groups is 2. The zero-order valence-corrected chi connectivity index (χ0v) is 19.8. The second-order valence-electron chi connectivity index (χ2n) is 7.38. The summed E-state index contributed by atoms with van der Waals surface area (Å²) in [4.78, 5) is 20.1. The number of halogens is 3. The van der Waals surface area contributed by atoms with Crippen molar-refractivity contribution in [2.75, 3.05) is 20.1 Å². The van der Waals surface area contributed by atoms with Crippen LogP contribution in [0, 0.1) is 0 Å². The lowest BCUT2D eigenvalue weighted by Crippen LogP contribution is -2.41. The van der Waals surface area contributed by atoms with Crippen molar-refractivity contribution in [2.24, 2.45) is 5.10 Å². The molecule has 2 N–H and O–H groups in total. The predicted molar refractivity (Wildman–Crippen MR) is 123 cm³/mol. The number of ether oxygens (including phenoxy) is 2. The zero-order valence-electron chi connectivity index (χ0n) is 18.9. The Morgan fingerprint density at radius 1 is 1.06 bits per heavy atom. The van der Waals surface area contributed by atoms with Crippen molar-refractivity contribution < 1.29 is 26.9 Å². The summed E-state index contributed by atoms with van der Waals surface area (Å²) < 4.78 is 65.2. The average Bonchev–Trinajstić information content (AvgIpc) is 3.37. The third-order valence-corrected chi connectivity index (χ3v) is 6.07. The number of hydrogen-bond donors (Lipinski definition) is 2. The molecule has 1 aromatic carbocycles. The number of methoxy groups -OCH3 is 2. The Labute approximate surface area is 205 Å². The number of nitrogens with zero attached hydrogens (tertiary/aromatic N) is 5. The van der Waals surface area contributed by atoms with Crippen molar-refractivity contribution in [2.45, 2.75) is 17.9 Å². The number of aromatic nitrogens is 3. The van der Waals surface area contributed by atoms with Gasteiger partial charge in [-0.05, 0) is 29.8 Å². The van der Waals surface area contributed by atoms with Crippen LogP contribution in [0.3, 0.4) is 0 Å². The highest BCUT2D eigenvalue weighted by Gasteiger charge is 2.34. The minimum atomic E-state index is -4.81. The molecule has 3 aromatic rings. The van der Waals surface area contributed by atoms with Crippen molar-refractivity contribution in [1.29, 1.82) is 0 Å². The molecule has 36 heavy (non-hydrogen) atoms. The maximum Gasteiger partial charge on any atom is 0.433 e. The first-order chi connectivity index (χ1) is 17.2. The van der Waals surface area contributed by atoms with Gasteiger partial charge in [-0.15, -0.1) is 5.12 Å². The summed E-state index contributed by atoms with van der Waals surface area (Å²) in [5.41, 5.74) is 4.20. The molecule has 3 heterocycles. The van der Waals surface area contributed by atoms with Crippen LogP contribution in [0.2, 0.25) is 0 Å². The fourth-order valence-electron chi connectivity index (χ4n) is 3.27. The van der Waals surface area contributed by atoms with E-state index >= 15 is 0 Å². The lowest BCUT2D eigenvalue weighted by Gasteiger charge is -2.15. The molecular weight excluding hydrogens is 503 g/mol. The molecule has 4 rings (SSSR count). The van der Waals surface area contributed by atoms with Gasteiger partial charge in [0.2, 0.25) is 5.16 Å². The van der Waals surface area contributed by atoms with Gasteiger partial charge in [-0.3, -0.25) is 10.2 Å². The summed E-state index contributed by atoms with van der Waals surface area (Å²) in [5, 5.41) is 4.32. The Morgan fingerprint density at radius 2 is 1.83 bits per heavy atom. The maximum atomic E-state index is 13.6. The van der Waals surface area contributed by atoms with Crippen LogP contribution in [0.1, 0.15) is 11.3 Å². The Morgan fingerprint density at radius 3 is 2.50 bits per heavy atom. The highest BCUT2D eigenvalue weighted by atomic mass is 32.2. The Bertz CT molecular complexity index is 1370. The van der Waals surface area contributed by atoms with E-state index in [1.54, 1.807) is 18.2 Å². The van der Waals surface area contributed by atoms with Gasteiger partial charge in [0.1, 0.15) is 28.7 Å². The van der Waals surface area contributed by atoms with Gasteiger partial charge in [0.25, 0.3) is 5.56 Å². The van der Waals surface area contributed by atoms with E-state index in [1.807, 2.05) is 0 Å². The summed E-state index contributed by atoms with van der Waals surface area (Å²) in [5.74, 6) is 0.693. The van der Waals surface area contributed by atoms with E-state index in [4.69, 9.17) is 9.47 Å². The number of nitrogens with one attached hydrogen (secondary N) is 2. The molecule has 1 atom stereocenters. The standard InChI is InChI=1S/C21H20F3N7O4S/c1-34-16-5-3-13(7-17(16)35-2)9-30-10-14(4-6-19(30)32)15-8-18(21(22,23)24)28-20(27-15)36(33)12-31-26-11-25-29-31/h3-8,10-11,29H,9,12H2,1-2H3,(H,25,26). The van der Waals surface area contributed by atoms with Crippen molar-refractivity contribution >= 4 is 17.1 Å². The Balaban J connectivity index is 1.69. The largest absolute Gasteiger partial charge is 0.493 e. The van der Waals surface area contributed by atoms with Crippen LogP contribution >= 0.6 is 0 Å². The molecule has 0 radical (unpaired) electrons. The summed E-state index contributed by atoms with van der Waals surface area (Å²) in [6.45, 7) is 0.106. The van der Waals surface area contributed by atoms with Crippen LogP contribution in [0.25, 0.3) is 11.3 Å². The highest BCUT2D eigenvalue weighted by Crippen LogP contribution is 2.31. The van der Waals surface area contributed by atoms with Crippen LogP contribution < -0.4 is 26.0 Å². The molecule has 0 aliphatic carbocycles. The van der Waals surface area contributed by atoms with Crippen molar-refractivity contribution in [3.8, 4) is 22.8 Å². The molecule has 15 heteroatoms.